The minimum Gasteiger partial charge on any atom is -0.326 e. The molecule has 0 fully saturated rings. The highest BCUT2D eigenvalue weighted by Gasteiger charge is 2.09. The Morgan fingerprint density at radius 1 is 1.21 bits per heavy atom. The minimum absolute atomic E-state index is 0.403. The van der Waals surface area contributed by atoms with E-state index in [1.165, 1.54) is 0 Å². The monoisotopic (exact) mass is 357 g/mol. The van der Waals surface area contributed by atoms with Gasteiger partial charge in [-0.05, 0) is 35.4 Å². The van der Waals surface area contributed by atoms with Gasteiger partial charge in [-0.3, -0.25) is 4.21 Å². The lowest BCUT2D eigenvalue weighted by molar-refractivity contribution is 0.682. The molecule has 0 bridgehead atoms. The number of benzene rings is 2. The third-order valence-corrected chi connectivity index (χ3v) is 4.90. The molecule has 0 aliphatic carbocycles. The molecule has 0 amide bonds. The second-order valence-corrected chi connectivity index (χ2v) is 6.85. The second kappa shape index (κ2) is 6.66. The third-order valence-electron chi connectivity index (χ3n) is 2.70. The Hall–Kier alpha value is -0.680. The fourth-order valence-corrected chi connectivity index (χ4v) is 3.76. The van der Waals surface area contributed by atoms with Crippen molar-refractivity contribution < 1.29 is 4.21 Å². The first-order valence-corrected chi connectivity index (χ1v) is 8.20. The molecule has 5 heteroatoms. The smallest absolute Gasteiger partial charge is 0.0575 e. The Morgan fingerprint density at radius 2 is 2.00 bits per heavy atom. The van der Waals surface area contributed by atoms with Gasteiger partial charge in [0.15, 0.2) is 0 Å². The van der Waals surface area contributed by atoms with Gasteiger partial charge in [0.2, 0.25) is 0 Å². The second-order valence-electron chi connectivity index (χ2n) is 4.08. The fraction of sp³-hybridized carbons (Fsp3) is 0.143. The molecule has 0 saturated heterocycles. The summed E-state index contributed by atoms with van der Waals surface area (Å²) in [4.78, 5) is 0.786. The van der Waals surface area contributed by atoms with Crippen LogP contribution < -0.4 is 5.73 Å². The predicted molar refractivity (Wildman–Crippen MR) is 83.6 cm³/mol. The molecule has 0 heterocycles. The molecule has 0 saturated carbocycles. The lowest BCUT2D eigenvalue weighted by Gasteiger charge is -2.07. The van der Waals surface area contributed by atoms with Crippen LogP contribution in [0.2, 0.25) is 5.02 Å². The Kier molecular flexibility index (Phi) is 5.16. The van der Waals surface area contributed by atoms with E-state index in [1.807, 2.05) is 42.5 Å². The Balaban J connectivity index is 2.19. The van der Waals surface area contributed by atoms with Crippen molar-refractivity contribution in [1.29, 1.82) is 0 Å². The van der Waals surface area contributed by atoms with Crippen molar-refractivity contribution in [1.82, 2.24) is 0 Å². The quantitative estimate of drug-likeness (QED) is 0.901. The summed E-state index contributed by atoms with van der Waals surface area (Å²) in [5.74, 6) is 0.403. The van der Waals surface area contributed by atoms with Crippen molar-refractivity contribution in [2.24, 2.45) is 5.73 Å². The molecule has 1 unspecified atom stereocenters. The van der Waals surface area contributed by atoms with Gasteiger partial charge < -0.3 is 5.73 Å². The highest BCUT2D eigenvalue weighted by atomic mass is 79.9. The van der Waals surface area contributed by atoms with E-state index in [4.69, 9.17) is 17.3 Å². The van der Waals surface area contributed by atoms with Crippen LogP contribution in [0.1, 0.15) is 11.1 Å². The summed E-state index contributed by atoms with van der Waals surface area (Å²) in [6.45, 7) is 0.453. The summed E-state index contributed by atoms with van der Waals surface area (Å²) in [7, 11) is -1.11. The largest absolute Gasteiger partial charge is 0.326 e. The van der Waals surface area contributed by atoms with Gasteiger partial charge >= 0.3 is 0 Å². The summed E-state index contributed by atoms with van der Waals surface area (Å²) < 4.78 is 13.2. The van der Waals surface area contributed by atoms with E-state index in [1.54, 1.807) is 0 Å². The third kappa shape index (κ3) is 3.89. The number of rotatable bonds is 4. The van der Waals surface area contributed by atoms with Crippen LogP contribution in [0.3, 0.4) is 0 Å². The van der Waals surface area contributed by atoms with Crippen molar-refractivity contribution in [2.45, 2.75) is 17.2 Å². The molecule has 0 aliphatic rings. The maximum absolute atomic E-state index is 12.3. The van der Waals surface area contributed by atoms with Crippen LogP contribution >= 0.6 is 27.5 Å². The molecule has 0 spiro atoms. The van der Waals surface area contributed by atoms with E-state index < -0.39 is 10.8 Å². The first-order chi connectivity index (χ1) is 9.10. The molecule has 100 valence electrons. The maximum Gasteiger partial charge on any atom is 0.0575 e. The van der Waals surface area contributed by atoms with Crippen molar-refractivity contribution >= 4 is 38.3 Å². The van der Waals surface area contributed by atoms with Crippen LogP contribution in [-0.2, 0) is 23.1 Å². The van der Waals surface area contributed by atoms with E-state index in [2.05, 4.69) is 15.9 Å². The van der Waals surface area contributed by atoms with Crippen LogP contribution in [0.4, 0.5) is 0 Å². The highest BCUT2D eigenvalue weighted by molar-refractivity contribution is 9.10. The molecular weight excluding hydrogens is 346 g/mol. The first-order valence-electron chi connectivity index (χ1n) is 5.71. The van der Waals surface area contributed by atoms with Gasteiger partial charge in [-0.15, -0.1) is 0 Å². The number of halogens is 2. The predicted octanol–water partition coefficient (Wildman–Crippen LogP) is 3.87. The van der Waals surface area contributed by atoms with Gasteiger partial charge in [0.1, 0.15) is 0 Å². The zero-order valence-corrected chi connectivity index (χ0v) is 13.3. The van der Waals surface area contributed by atoms with E-state index >= 15 is 0 Å². The van der Waals surface area contributed by atoms with Gasteiger partial charge in [-0.25, -0.2) is 0 Å². The Labute approximate surface area is 128 Å². The molecule has 2 nitrogen and oxygen atoms in total. The molecule has 2 N–H and O–H groups in total. The molecule has 0 aliphatic heterocycles. The van der Waals surface area contributed by atoms with Gasteiger partial charge in [0.25, 0.3) is 0 Å². The van der Waals surface area contributed by atoms with Crippen LogP contribution in [-0.4, -0.2) is 4.21 Å². The van der Waals surface area contributed by atoms with E-state index in [-0.39, 0.29) is 0 Å². The van der Waals surface area contributed by atoms with Crippen LogP contribution in [0.15, 0.2) is 51.8 Å². The SMILES string of the molecule is NCc1ccc(CS(=O)c2cccc(Br)c2)c(Cl)c1. The van der Waals surface area contributed by atoms with Gasteiger partial charge in [-0.1, -0.05) is 45.7 Å². The van der Waals surface area contributed by atoms with E-state index in [0.29, 0.717) is 17.3 Å². The molecule has 1 atom stereocenters. The van der Waals surface area contributed by atoms with E-state index in [9.17, 15) is 4.21 Å². The summed E-state index contributed by atoms with van der Waals surface area (Å²) in [6.07, 6.45) is 0. The maximum atomic E-state index is 12.3. The minimum atomic E-state index is -1.11. The summed E-state index contributed by atoms with van der Waals surface area (Å²) in [6, 6.07) is 13.1. The molecule has 0 radical (unpaired) electrons. The highest BCUT2D eigenvalue weighted by Crippen LogP contribution is 2.22. The number of hydrogen-bond acceptors (Lipinski definition) is 2. The molecule has 2 aromatic carbocycles. The topological polar surface area (TPSA) is 43.1 Å². The van der Waals surface area contributed by atoms with Gasteiger partial charge in [0, 0.05) is 20.9 Å². The number of hydrogen-bond donors (Lipinski definition) is 1. The Bertz CT molecular complexity index is 618. The van der Waals surface area contributed by atoms with Crippen molar-refractivity contribution in [3.63, 3.8) is 0 Å². The zero-order valence-electron chi connectivity index (χ0n) is 10.1. The zero-order chi connectivity index (χ0) is 13.8. The lowest BCUT2D eigenvalue weighted by Crippen LogP contribution is -2.00. The van der Waals surface area contributed by atoms with Crippen LogP contribution in [0, 0.1) is 0 Å². The fourth-order valence-electron chi connectivity index (χ4n) is 1.67. The summed E-state index contributed by atoms with van der Waals surface area (Å²) >= 11 is 9.55. The van der Waals surface area contributed by atoms with Crippen molar-refractivity contribution in [3.05, 3.63) is 63.1 Å². The van der Waals surface area contributed by atoms with Crippen molar-refractivity contribution in [3.8, 4) is 0 Å². The average Bonchev–Trinajstić information content (AvgIpc) is 2.41. The van der Waals surface area contributed by atoms with Crippen LogP contribution in [0.5, 0.6) is 0 Å². The number of nitrogens with two attached hydrogens (primary N) is 1. The average molecular weight is 359 g/mol. The molecular formula is C14H13BrClNOS. The lowest BCUT2D eigenvalue weighted by atomic mass is 10.1. The first kappa shape index (κ1) is 14.7. The molecule has 19 heavy (non-hydrogen) atoms. The summed E-state index contributed by atoms with van der Waals surface area (Å²) in [5, 5.41) is 0.617. The van der Waals surface area contributed by atoms with Gasteiger partial charge in [-0.2, -0.15) is 0 Å². The summed E-state index contributed by atoms with van der Waals surface area (Å²) in [5.41, 5.74) is 7.40. The normalized spacial score (nSPS) is 12.4. The van der Waals surface area contributed by atoms with Crippen LogP contribution in [0.25, 0.3) is 0 Å². The molecule has 0 aromatic heterocycles. The molecule has 2 rings (SSSR count). The standard InChI is InChI=1S/C14H13BrClNOS/c15-12-2-1-3-13(7-12)19(18)9-11-5-4-10(8-17)6-14(11)16/h1-7H,8-9,17H2. The Morgan fingerprint density at radius 3 is 2.63 bits per heavy atom. The van der Waals surface area contributed by atoms with Crippen molar-refractivity contribution in [2.75, 3.05) is 0 Å². The van der Waals surface area contributed by atoms with E-state index in [0.717, 1.165) is 20.5 Å². The van der Waals surface area contributed by atoms with Gasteiger partial charge in [0.05, 0.1) is 16.6 Å². The molecule has 2 aromatic rings.